The summed E-state index contributed by atoms with van der Waals surface area (Å²) in [4.78, 5) is 37.6. The summed E-state index contributed by atoms with van der Waals surface area (Å²) >= 11 is 0. The highest BCUT2D eigenvalue weighted by Crippen LogP contribution is 2.37. The molecule has 1 saturated heterocycles. The van der Waals surface area contributed by atoms with Crippen LogP contribution in [0.25, 0.3) is 11.4 Å². The monoisotopic (exact) mass is 464 g/mol. The van der Waals surface area contributed by atoms with Gasteiger partial charge in [-0.05, 0) is 26.0 Å². The fraction of sp³-hybridized carbons (Fsp3) is 0.348. The summed E-state index contributed by atoms with van der Waals surface area (Å²) in [5.74, 6) is 1.20. The molecule has 34 heavy (non-hydrogen) atoms. The molecule has 3 heterocycles. The number of hydrogen-bond donors (Lipinski definition) is 2. The number of carbonyl (C=O) groups excluding carboxylic acids is 2. The Bertz CT molecular complexity index is 1220. The minimum Gasteiger partial charge on any atom is -0.494 e. The van der Waals surface area contributed by atoms with Gasteiger partial charge < -0.3 is 20.3 Å². The third-order valence-electron chi connectivity index (χ3n) is 5.63. The number of pyridine rings is 1. The molecule has 1 aliphatic heterocycles. The third kappa shape index (κ3) is 4.24. The molecule has 0 atom stereocenters. The Labute approximate surface area is 197 Å². The highest BCUT2D eigenvalue weighted by molar-refractivity contribution is 6.02. The largest absolute Gasteiger partial charge is 0.494 e. The fourth-order valence-corrected chi connectivity index (χ4v) is 3.90. The maximum Gasteiger partial charge on any atom is 0.326 e. The van der Waals surface area contributed by atoms with Crippen LogP contribution in [-0.4, -0.2) is 69.9 Å². The van der Waals surface area contributed by atoms with Crippen molar-refractivity contribution in [2.75, 3.05) is 37.5 Å². The number of urea groups is 1. The Kier molecular flexibility index (Phi) is 6.35. The minimum atomic E-state index is -0.306. The van der Waals surface area contributed by atoms with Crippen molar-refractivity contribution in [1.29, 1.82) is 0 Å². The molecule has 178 valence electrons. The molecule has 0 aliphatic carbocycles. The summed E-state index contributed by atoms with van der Waals surface area (Å²) in [7, 11) is 4.91. The zero-order chi connectivity index (χ0) is 24.4. The average molecular weight is 465 g/mol. The topological polar surface area (TPSA) is 118 Å². The molecule has 11 heteroatoms. The highest BCUT2D eigenvalue weighted by Gasteiger charge is 2.32. The molecular weight excluding hydrogens is 436 g/mol. The number of nitrogens with zero attached hydrogens (tertiary/aromatic N) is 6. The number of aryl methyl sites for hydroxylation is 1. The van der Waals surface area contributed by atoms with Gasteiger partial charge in [-0.3, -0.25) is 14.4 Å². The molecule has 2 aromatic heterocycles. The second-order valence-electron chi connectivity index (χ2n) is 8.14. The lowest BCUT2D eigenvalue weighted by Crippen LogP contribution is -2.36. The van der Waals surface area contributed by atoms with Crippen molar-refractivity contribution in [2.24, 2.45) is 7.05 Å². The summed E-state index contributed by atoms with van der Waals surface area (Å²) in [5.41, 5.74) is 2.14. The van der Waals surface area contributed by atoms with Gasteiger partial charge in [-0.1, -0.05) is 6.07 Å². The quantitative estimate of drug-likeness (QED) is 0.552. The molecule has 3 aromatic rings. The number of hydrogen-bond acceptors (Lipinski definition) is 7. The maximum atomic E-state index is 12.9. The number of methoxy groups -OCH3 is 1. The van der Waals surface area contributed by atoms with Crippen molar-refractivity contribution in [2.45, 2.75) is 19.9 Å². The van der Waals surface area contributed by atoms with Crippen LogP contribution < -0.4 is 20.3 Å². The lowest BCUT2D eigenvalue weighted by Gasteiger charge is -2.22. The van der Waals surface area contributed by atoms with Crippen LogP contribution in [0.2, 0.25) is 0 Å². The maximum absolute atomic E-state index is 12.9. The molecule has 0 radical (unpaired) electrons. The second-order valence-corrected chi connectivity index (χ2v) is 8.14. The Hall–Kier alpha value is -4.15. The number of rotatable bonds is 7. The van der Waals surface area contributed by atoms with E-state index in [1.54, 1.807) is 48.1 Å². The van der Waals surface area contributed by atoms with Gasteiger partial charge in [0.2, 0.25) is 0 Å². The number of amides is 3. The van der Waals surface area contributed by atoms with Crippen LogP contribution in [0.1, 0.15) is 24.2 Å². The molecule has 0 saturated carbocycles. The van der Waals surface area contributed by atoms with Gasteiger partial charge in [-0.25, -0.2) is 14.8 Å². The zero-order valence-electron chi connectivity index (χ0n) is 19.9. The molecule has 2 N–H and O–H groups in total. The van der Waals surface area contributed by atoms with E-state index in [2.05, 4.69) is 25.7 Å². The van der Waals surface area contributed by atoms with Crippen molar-refractivity contribution in [3.63, 3.8) is 0 Å². The summed E-state index contributed by atoms with van der Waals surface area (Å²) < 4.78 is 7.30. The van der Waals surface area contributed by atoms with E-state index in [0.717, 1.165) is 0 Å². The Morgan fingerprint density at radius 2 is 1.97 bits per heavy atom. The van der Waals surface area contributed by atoms with Crippen molar-refractivity contribution in [1.82, 2.24) is 30.0 Å². The Morgan fingerprint density at radius 1 is 1.18 bits per heavy atom. The Morgan fingerprint density at radius 3 is 2.59 bits per heavy atom. The van der Waals surface area contributed by atoms with Gasteiger partial charge in [0.15, 0.2) is 11.6 Å². The molecule has 1 aromatic carbocycles. The van der Waals surface area contributed by atoms with Gasteiger partial charge in [-0.15, -0.1) is 0 Å². The molecular formula is C23H28N8O3. The molecule has 4 rings (SSSR count). The van der Waals surface area contributed by atoms with Crippen LogP contribution in [0.3, 0.4) is 0 Å². The first-order chi connectivity index (χ1) is 16.3. The first kappa shape index (κ1) is 23.0. The third-order valence-corrected chi connectivity index (χ3v) is 5.63. The number of carbonyl (C=O) groups is 2. The van der Waals surface area contributed by atoms with E-state index in [1.165, 1.54) is 6.20 Å². The van der Waals surface area contributed by atoms with Crippen LogP contribution >= 0.6 is 0 Å². The normalized spacial score (nSPS) is 13.5. The summed E-state index contributed by atoms with van der Waals surface area (Å²) in [6, 6.07) is 7.23. The number of anilines is 3. The number of nitrogens with one attached hydrogen (secondary N) is 2. The first-order valence-electron chi connectivity index (χ1n) is 10.9. The standard InChI is InChI=1S/C23H28N8O3/c1-14(2)30-9-10-31(23(30)33)19-11-18(16(12-25-19)22(32)24-3)27-17-8-6-7-15(20(17)34-5)21-26-13-29(4)28-21/h6-8,11-14H,9-10H2,1-5H3,(H,24,32)(H,25,27). The predicted octanol–water partition coefficient (Wildman–Crippen LogP) is 2.64. The van der Waals surface area contributed by atoms with Gasteiger partial charge in [0.05, 0.1) is 29.6 Å². The highest BCUT2D eigenvalue weighted by atomic mass is 16.5. The smallest absolute Gasteiger partial charge is 0.326 e. The minimum absolute atomic E-state index is 0.0902. The number of benzene rings is 1. The van der Waals surface area contributed by atoms with Crippen molar-refractivity contribution < 1.29 is 14.3 Å². The molecule has 0 bridgehead atoms. The van der Waals surface area contributed by atoms with Crippen molar-refractivity contribution in [3.05, 3.63) is 42.4 Å². The van der Waals surface area contributed by atoms with Gasteiger partial charge in [0.1, 0.15) is 12.1 Å². The van der Waals surface area contributed by atoms with Gasteiger partial charge in [-0.2, -0.15) is 5.10 Å². The van der Waals surface area contributed by atoms with Crippen molar-refractivity contribution >= 4 is 29.1 Å². The number of para-hydroxylation sites is 1. The van der Waals surface area contributed by atoms with Gasteiger partial charge in [0.25, 0.3) is 5.91 Å². The van der Waals surface area contributed by atoms with E-state index in [1.807, 2.05) is 32.0 Å². The lowest BCUT2D eigenvalue weighted by atomic mass is 10.1. The summed E-state index contributed by atoms with van der Waals surface area (Å²) in [6.07, 6.45) is 3.08. The molecule has 3 amide bonds. The SMILES string of the molecule is CNC(=O)c1cnc(N2CCN(C(C)C)C2=O)cc1Nc1cccc(-c2ncn(C)n2)c1OC. The molecule has 0 unspecified atom stereocenters. The van der Waals surface area contributed by atoms with E-state index >= 15 is 0 Å². The van der Waals surface area contributed by atoms with Crippen LogP contribution in [0, 0.1) is 0 Å². The first-order valence-corrected chi connectivity index (χ1v) is 10.9. The van der Waals surface area contributed by atoms with E-state index in [9.17, 15) is 9.59 Å². The fourth-order valence-electron chi connectivity index (χ4n) is 3.90. The van der Waals surface area contributed by atoms with E-state index < -0.39 is 0 Å². The summed E-state index contributed by atoms with van der Waals surface area (Å²) in [5, 5.41) is 10.3. The number of aromatic nitrogens is 4. The predicted molar refractivity (Wildman–Crippen MR) is 128 cm³/mol. The molecule has 0 spiro atoms. The molecule has 11 nitrogen and oxygen atoms in total. The van der Waals surface area contributed by atoms with Crippen LogP contribution in [0.5, 0.6) is 5.75 Å². The van der Waals surface area contributed by atoms with E-state index in [-0.39, 0.29) is 18.0 Å². The summed E-state index contributed by atoms with van der Waals surface area (Å²) in [6.45, 7) is 5.09. The van der Waals surface area contributed by atoms with Crippen LogP contribution in [0.15, 0.2) is 36.8 Å². The molecule has 1 aliphatic rings. The van der Waals surface area contributed by atoms with Crippen molar-refractivity contribution in [3.8, 4) is 17.1 Å². The zero-order valence-corrected chi connectivity index (χ0v) is 19.9. The average Bonchev–Trinajstić information content (AvgIpc) is 3.43. The second kappa shape index (κ2) is 9.38. The molecule has 1 fully saturated rings. The number of ether oxygens (including phenoxy) is 1. The lowest BCUT2D eigenvalue weighted by molar-refractivity contribution is 0.0963. The van der Waals surface area contributed by atoms with Crippen LogP contribution in [0.4, 0.5) is 22.0 Å². The van der Waals surface area contributed by atoms with Gasteiger partial charge >= 0.3 is 6.03 Å². The van der Waals surface area contributed by atoms with E-state index in [0.29, 0.717) is 53.0 Å². The van der Waals surface area contributed by atoms with Crippen LogP contribution in [-0.2, 0) is 7.05 Å². The van der Waals surface area contributed by atoms with E-state index in [4.69, 9.17) is 4.74 Å². The Balaban J connectivity index is 1.74. The van der Waals surface area contributed by atoms with Gasteiger partial charge in [0, 0.05) is 45.5 Å².